The third-order valence-electron chi connectivity index (χ3n) is 4.63. The summed E-state index contributed by atoms with van der Waals surface area (Å²) in [7, 11) is 1.44. The molecule has 3 heteroatoms. The summed E-state index contributed by atoms with van der Waals surface area (Å²) in [5.74, 6) is -0.257. The molecule has 24 heavy (non-hydrogen) atoms. The van der Waals surface area contributed by atoms with Gasteiger partial charge in [-0.1, -0.05) is 67.6 Å². The molecule has 1 atom stereocenters. The van der Waals surface area contributed by atoms with E-state index in [1.807, 2.05) is 60.7 Å². The van der Waals surface area contributed by atoms with E-state index in [0.29, 0.717) is 6.42 Å². The summed E-state index contributed by atoms with van der Waals surface area (Å²) in [4.78, 5) is 13.0. The Labute approximate surface area is 143 Å². The van der Waals surface area contributed by atoms with E-state index in [1.54, 1.807) is 0 Å². The zero-order valence-electron chi connectivity index (χ0n) is 14.2. The van der Waals surface area contributed by atoms with E-state index in [9.17, 15) is 4.79 Å². The number of hydrogen-bond donors (Lipinski definition) is 0. The number of benzene rings is 2. The van der Waals surface area contributed by atoms with Crippen LogP contribution in [0.5, 0.6) is 0 Å². The predicted octanol–water partition coefficient (Wildman–Crippen LogP) is 4.48. The molecule has 124 valence electrons. The Morgan fingerprint density at radius 3 is 2.00 bits per heavy atom. The maximum Gasteiger partial charge on any atom is 0.321 e. The van der Waals surface area contributed by atoms with Crippen molar-refractivity contribution in [3.05, 3.63) is 71.8 Å². The zero-order valence-corrected chi connectivity index (χ0v) is 14.2. The van der Waals surface area contributed by atoms with E-state index in [4.69, 9.17) is 10.00 Å². The van der Waals surface area contributed by atoms with Crippen molar-refractivity contribution in [2.45, 2.75) is 31.6 Å². The molecule has 0 spiro atoms. The van der Waals surface area contributed by atoms with Crippen LogP contribution in [0.4, 0.5) is 0 Å². The Bertz CT molecular complexity index is 649. The van der Waals surface area contributed by atoms with Crippen molar-refractivity contribution in [2.24, 2.45) is 5.92 Å². The molecule has 0 N–H and O–H groups in total. The Hall–Kier alpha value is -2.60. The van der Waals surface area contributed by atoms with Crippen molar-refractivity contribution in [1.29, 1.82) is 5.26 Å². The molecule has 0 amide bonds. The molecule has 0 aliphatic heterocycles. The molecule has 0 aliphatic rings. The summed E-state index contributed by atoms with van der Waals surface area (Å²) in [6, 6.07) is 21.7. The summed E-state index contributed by atoms with van der Waals surface area (Å²) in [6.45, 7) is 2.06. The maximum atomic E-state index is 13.0. The van der Waals surface area contributed by atoms with Gasteiger partial charge >= 0.3 is 5.97 Å². The Kier molecular flexibility index (Phi) is 6.14. The number of ether oxygens (including phenoxy) is 1. The Morgan fingerprint density at radius 1 is 1.08 bits per heavy atom. The summed E-state index contributed by atoms with van der Waals surface area (Å²) < 4.78 is 5.25. The number of nitrogens with zero attached hydrogens (tertiary/aromatic N) is 1. The van der Waals surface area contributed by atoms with Crippen molar-refractivity contribution < 1.29 is 9.53 Å². The van der Waals surface area contributed by atoms with Gasteiger partial charge < -0.3 is 4.74 Å². The predicted molar refractivity (Wildman–Crippen MR) is 94.3 cm³/mol. The van der Waals surface area contributed by atoms with Crippen LogP contribution in [0, 0.1) is 17.2 Å². The van der Waals surface area contributed by atoms with Gasteiger partial charge in [-0.25, -0.2) is 0 Å². The lowest BCUT2D eigenvalue weighted by atomic mass is 9.65. The van der Waals surface area contributed by atoms with Crippen LogP contribution >= 0.6 is 0 Å². The van der Waals surface area contributed by atoms with Gasteiger partial charge in [0.1, 0.15) is 5.41 Å². The van der Waals surface area contributed by atoms with Gasteiger partial charge in [0.2, 0.25) is 0 Å². The Morgan fingerprint density at radius 2 is 1.58 bits per heavy atom. The van der Waals surface area contributed by atoms with Crippen molar-refractivity contribution >= 4 is 5.97 Å². The molecule has 0 bridgehead atoms. The zero-order chi connectivity index (χ0) is 17.4. The van der Waals surface area contributed by atoms with Crippen molar-refractivity contribution in [2.75, 3.05) is 7.11 Å². The van der Waals surface area contributed by atoms with Gasteiger partial charge in [-0.15, -0.1) is 0 Å². The molecule has 0 aromatic heterocycles. The number of carbonyl (C=O) groups is 1. The highest BCUT2D eigenvalue weighted by atomic mass is 16.5. The van der Waals surface area contributed by atoms with Gasteiger partial charge in [0.15, 0.2) is 0 Å². The van der Waals surface area contributed by atoms with E-state index in [-0.39, 0.29) is 11.9 Å². The number of hydrogen-bond acceptors (Lipinski definition) is 3. The van der Waals surface area contributed by atoms with E-state index in [1.165, 1.54) is 7.11 Å². The summed E-state index contributed by atoms with van der Waals surface area (Å²) in [5, 5.41) is 8.83. The molecule has 0 fully saturated rings. The number of rotatable bonds is 7. The molecular weight excluding hydrogens is 298 g/mol. The summed E-state index contributed by atoms with van der Waals surface area (Å²) >= 11 is 0. The molecule has 2 aromatic carbocycles. The normalized spacial score (nSPS) is 12.2. The lowest BCUT2D eigenvalue weighted by Crippen LogP contribution is -2.44. The van der Waals surface area contributed by atoms with Gasteiger partial charge in [-0.3, -0.25) is 4.79 Å². The van der Waals surface area contributed by atoms with E-state index >= 15 is 0 Å². The molecular formula is C21H23NO2. The minimum absolute atomic E-state index is 0.00287. The van der Waals surface area contributed by atoms with Crippen molar-refractivity contribution in [3.63, 3.8) is 0 Å². The first-order chi connectivity index (χ1) is 11.7. The Balaban J connectivity index is 2.61. The first-order valence-electron chi connectivity index (χ1n) is 8.24. The highest BCUT2D eigenvalue weighted by Gasteiger charge is 2.47. The lowest BCUT2D eigenvalue weighted by Gasteiger charge is -2.37. The number of esters is 1. The number of unbranched alkanes of at least 4 members (excludes halogenated alkanes) is 1. The van der Waals surface area contributed by atoms with Gasteiger partial charge in [-0.2, -0.15) is 5.26 Å². The van der Waals surface area contributed by atoms with E-state index in [0.717, 1.165) is 24.0 Å². The van der Waals surface area contributed by atoms with Crippen molar-refractivity contribution in [3.8, 4) is 6.07 Å². The SMILES string of the molecule is COC(=O)C(c1ccccc1)(c1ccccc1)[C@H](C)CCCC#N. The van der Waals surface area contributed by atoms with Gasteiger partial charge in [0.25, 0.3) is 0 Å². The van der Waals surface area contributed by atoms with Crippen LogP contribution in [0.15, 0.2) is 60.7 Å². The quantitative estimate of drug-likeness (QED) is 0.558. The fourth-order valence-electron chi connectivity index (χ4n) is 3.44. The smallest absolute Gasteiger partial charge is 0.321 e. The second-order valence-corrected chi connectivity index (χ2v) is 5.98. The van der Waals surface area contributed by atoms with Gasteiger partial charge in [0.05, 0.1) is 13.2 Å². The largest absolute Gasteiger partial charge is 0.468 e. The van der Waals surface area contributed by atoms with Crippen LogP contribution in [-0.4, -0.2) is 13.1 Å². The minimum Gasteiger partial charge on any atom is -0.468 e. The van der Waals surface area contributed by atoms with Crippen LogP contribution in [0.3, 0.4) is 0 Å². The number of nitriles is 1. The molecule has 0 unspecified atom stereocenters. The third kappa shape index (κ3) is 3.33. The monoisotopic (exact) mass is 321 g/mol. The average Bonchev–Trinajstić information content (AvgIpc) is 2.64. The first-order valence-corrected chi connectivity index (χ1v) is 8.24. The molecule has 0 heterocycles. The lowest BCUT2D eigenvalue weighted by molar-refractivity contribution is -0.148. The third-order valence-corrected chi connectivity index (χ3v) is 4.63. The number of methoxy groups -OCH3 is 1. The molecule has 3 nitrogen and oxygen atoms in total. The molecule has 0 radical (unpaired) electrons. The maximum absolute atomic E-state index is 13.0. The fraction of sp³-hybridized carbons (Fsp3) is 0.333. The number of carbonyl (C=O) groups excluding carboxylic acids is 1. The van der Waals surface area contributed by atoms with Crippen LogP contribution < -0.4 is 0 Å². The first kappa shape index (κ1) is 17.7. The topological polar surface area (TPSA) is 50.1 Å². The average molecular weight is 321 g/mol. The van der Waals surface area contributed by atoms with E-state index in [2.05, 4.69) is 13.0 Å². The highest BCUT2D eigenvalue weighted by Crippen LogP contribution is 2.42. The second-order valence-electron chi connectivity index (χ2n) is 5.98. The highest BCUT2D eigenvalue weighted by molar-refractivity contribution is 5.88. The summed E-state index contributed by atoms with van der Waals surface area (Å²) in [6.07, 6.45) is 2.02. The van der Waals surface area contributed by atoms with Crippen molar-refractivity contribution in [1.82, 2.24) is 0 Å². The van der Waals surface area contributed by atoms with Gasteiger partial charge in [-0.05, 0) is 29.9 Å². The van der Waals surface area contributed by atoms with Crippen LogP contribution in [0.1, 0.15) is 37.3 Å². The standard InChI is InChI=1S/C21H23NO2/c1-17(11-9-10-16-22)21(20(23)24-2,18-12-5-3-6-13-18)19-14-7-4-8-15-19/h3-8,12-15,17H,9-11H2,1-2H3/t17-/m1/s1. The molecule has 0 saturated carbocycles. The molecule has 0 aliphatic carbocycles. The molecule has 2 aromatic rings. The molecule has 2 rings (SSSR count). The second kappa shape index (κ2) is 8.31. The minimum atomic E-state index is -0.868. The van der Waals surface area contributed by atoms with Crippen LogP contribution in [0.2, 0.25) is 0 Å². The van der Waals surface area contributed by atoms with Crippen LogP contribution in [0.25, 0.3) is 0 Å². The van der Waals surface area contributed by atoms with Crippen LogP contribution in [-0.2, 0) is 14.9 Å². The van der Waals surface area contributed by atoms with Gasteiger partial charge in [0, 0.05) is 6.42 Å². The fourth-order valence-corrected chi connectivity index (χ4v) is 3.44. The summed E-state index contributed by atoms with van der Waals surface area (Å²) in [5.41, 5.74) is 0.979. The van der Waals surface area contributed by atoms with E-state index < -0.39 is 5.41 Å². The molecule has 0 saturated heterocycles.